The first kappa shape index (κ1) is 19.3. The Bertz CT molecular complexity index is 568. The number of hydrogen-bond donors (Lipinski definition) is 0. The predicted molar refractivity (Wildman–Crippen MR) is 107 cm³/mol. The van der Waals surface area contributed by atoms with Gasteiger partial charge < -0.3 is 14.4 Å². The van der Waals surface area contributed by atoms with Gasteiger partial charge in [0, 0.05) is 64.8 Å². The summed E-state index contributed by atoms with van der Waals surface area (Å²) < 4.78 is 11.2. The molecule has 0 N–H and O–H groups in total. The molecular formula is C22H35N3O2. The van der Waals surface area contributed by atoms with Gasteiger partial charge in [-0.3, -0.25) is 9.88 Å². The summed E-state index contributed by atoms with van der Waals surface area (Å²) in [6.07, 6.45) is 8.98. The van der Waals surface area contributed by atoms with Crippen molar-refractivity contribution in [2.45, 2.75) is 32.2 Å². The molecule has 5 heteroatoms. The molecule has 1 atom stereocenters. The van der Waals surface area contributed by atoms with Crippen LogP contribution in [0.2, 0.25) is 0 Å². The molecule has 1 aromatic rings. The molecule has 0 aromatic carbocycles. The van der Waals surface area contributed by atoms with E-state index in [1.807, 2.05) is 25.6 Å². The van der Waals surface area contributed by atoms with E-state index in [4.69, 9.17) is 9.47 Å². The monoisotopic (exact) mass is 373 g/mol. The highest BCUT2D eigenvalue weighted by Gasteiger charge is 2.47. The van der Waals surface area contributed by atoms with Crippen molar-refractivity contribution in [3.63, 3.8) is 0 Å². The summed E-state index contributed by atoms with van der Waals surface area (Å²) in [5.74, 6) is 1.50. The minimum absolute atomic E-state index is 0.435. The maximum atomic E-state index is 5.63. The Balaban J connectivity index is 1.34. The lowest BCUT2D eigenvalue weighted by molar-refractivity contribution is 0.0160. The Morgan fingerprint density at radius 1 is 1.22 bits per heavy atom. The van der Waals surface area contributed by atoms with Crippen LogP contribution < -0.4 is 0 Å². The second-order valence-electron chi connectivity index (χ2n) is 8.90. The normalized spacial score (nSPS) is 27.4. The molecular weight excluding hydrogens is 338 g/mol. The summed E-state index contributed by atoms with van der Waals surface area (Å²) in [4.78, 5) is 9.64. The number of pyridine rings is 1. The van der Waals surface area contributed by atoms with Crippen molar-refractivity contribution >= 4 is 0 Å². The van der Waals surface area contributed by atoms with Gasteiger partial charge in [-0.1, -0.05) is 6.07 Å². The molecule has 0 radical (unpaired) electrons. The quantitative estimate of drug-likeness (QED) is 0.766. The summed E-state index contributed by atoms with van der Waals surface area (Å²) >= 11 is 0. The van der Waals surface area contributed by atoms with E-state index in [-0.39, 0.29) is 0 Å². The Morgan fingerprint density at radius 2 is 2.04 bits per heavy atom. The van der Waals surface area contributed by atoms with Gasteiger partial charge in [0.05, 0.1) is 6.61 Å². The molecule has 4 heterocycles. The van der Waals surface area contributed by atoms with Gasteiger partial charge in [0.25, 0.3) is 0 Å². The van der Waals surface area contributed by atoms with Gasteiger partial charge in [-0.15, -0.1) is 0 Å². The van der Waals surface area contributed by atoms with E-state index < -0.39 is 0 Å². The zero-order valence-corrected chi connectivity index (χ0v) is 16.8. The smallest absolute Gasteiger partial charge is 0.0508 e. The Kier molecular flexibility index (Phi) is 6.43. The summed E-state index contributed by atoms with van der Waals surface area (Å²) in [5.41, 5.74) is 1.76. The number of ether oxygens (including phenoxy) is 2. The first-order valence-electron chi connectivity index (χ1n) is 10.7. The molecule has 0 bridgehead atoms. The van der Waals surface area contributed by atoms with Crippen LogP contribution in [0.4, 0.5) is 0 Å². The third kappa shape index (κ3) is 4.70. The van der Waals surface area contributed by atoms with Crippen LogP contribution in [0, 0.1) is 17.3 Å². The van der Waals surface area contributed by atoms with Crippen molar-refractivity contribution in [2.24, 2.45) is 17.3 Å². The molecule has 3 aliphatic rings. The minimum Gasteiger partial charge on any atom is -0.384 e. The van der Waals surface area contributed by atoms with Gasteiger partial charge in [0.1, 0.15) is 0 Å². The van der Waals surface area contributed by atoms with Crippen LogP contribution in [-0.2, 0) is 16.0 Å². The highest BCUT2D eigenvalue weighted by atomic mass is 16.5. The Labute approximate surface area is 164 Å². The third-order valence-electron chi connectivity index (χ3n) is 7.09. The van der Waals surface area contributed by atoms with Crippen molar-refractivity contribution < 1.29 is 9.47 Å². The number of rotatable bonds is 6. The van der Waals surface area contributed by atoms with Gasteiger partial charge in [-0.05, 0) is 61.7 Å². The van der Waals surface area contributed by atoms with Crippen molar-refractivity contribution in [1.29, 1.82) is 0 Å². The molecule has 1 spiro atoms. The first-order chi connectivity index (χ1) is 13.3. The van der Waals surface area contributed by atoms with E-state index in [0.717, 1.165) is 38.8 Å². The predicted octanol–water partition coefficient (Wildman–Crippen LogP) is 2.67. The fraction of sp³-hybridized carbons (Fsp3) is 0.773. The number of hydrogen-bond acceptors (Lipinski definition) is 5. The van der Waals surface area contributed by atoms with Crippen LogP contribution in [-0.4, -0.2) is 74.4 Å². The van der Waals surface area contributed by atoms with Gasteiger partial charge in [-0.25, -0.2) is 0 Å². The molecule has 3 fully saturated rings. The summed E-state index contributed by atoms with van der Waals surface area (Å²) in [5, 5.41) is 0. The van der Waals surface area contributed by atoms with Crippen LogP contribution in [0.1, 0.15) is 31.2 Å². The summed E-state index contributed by atoms with van der Waals surface area (Å²) in [7, 11) is 1.86. The topological polar surface area (TPSA) is 37.8 Å². The Hall–Kier alpha value is -1.01. The van der Waals surface area contributed by atoms with Crippen LogP contribution in [0.3, 0.4) is 0 Å². The zero-order valence-electron chi connectivity index (χ0n) is 16.8. The molecule has 5 nitrogen and oxygen atoms in total. The van der Waals surface area contributed by atoms with Crippen LogP contribution in [0.25, 0.3) is 0 Å². The molecule has 0 amide bonds. The Morgan fingerprint density at radius 3 is 2.74 bits per heavy atom. The zero-order chi connectivity index (χ0) is 18.5. The molecule has 1 aromatic heterocycles. The van der Waals surface area contributed by atoms with Gasteiger partial charge in [-0.2, -0.15) is 0 Å². The first-order valence-corrected chi connectivity index (χ1v) is 10.7. The number of likely N-dealkylation sites (tertiary alicyclic amines) is 2. The SMILES string of the molecule is COC[C@@H]1CN(Cc2cccnc2)CC12CCN(CC1CCOCC1)CC2. The largest absolute Gasteiger partial charge is 0.384 e. The highest BCUT2D eigenvalue weighted by Crippen LogP contribution is 2.45. The van der Waals surface area contributed by atoms with Gasteiger partial charge in [0.15, 0.2) is 0 Å². The van der Waals surface area contributed by atoms with E-state index in [2.05, 4.69) is 20.9 Å². The molecule has 0 saturated carbocycles. The third-order valence-corrected chi connectivity index (χ3v) is 7.09. The van der Waals surface area contributed by atoms with Crippen LogP contribution >= 0.6 is 0 Å². The maximum absolute atomic E-state index is 5.63. The molecule has 0 aliphatic carbocycles. The van der Waals surface area contributed by atoms with Crippen LogP contribution in [0.15, 0.2) is 24.5 Å². The molecule has 150 valence electrons. The van der Waals surface area contributed by atoms with E-state index in [0.29, 0.717) is 11.3 Å². The molecule has 0 unspecified atom stereocenters. The van der Waals surface area contributed by atoms with Crippen molar-refractivity contribution in [3.8, 4) is 0 Å². The fourth-order valence-corrected chi connectivity index (χ4v) is 5.49. The number of methoxy groups -OCH3 is 1. The number of aromatic nitrogens is 1. The average Bonchev–Trinajstić information content (AvgIpc) is 3.02. The van der Waals surface area contributed by atoms with Gasteiger partial charge >= 0.3 is 0 Å². The molecule has 27 heavy (non-hydrogen) atoms. The van der Waals surface area contributed by atoms with Crippen molar-refractivity contribution in [3.05, 3.63) is 30.1 Å². The van der Waals surface area contributed by atoms with Crippen molar-refractivity contribution in [2.75, 3.05) is 59.7 Å². The second-order valence-corrected chi connectivity index (χ2v) is 8.90. The van der Waals surface area contributed by atoms with Crippen LogP contribution in [0.5, 0.6) is 0 Å². The minimum atomic E-state index is 0.435. The molecule has 3 aliphatic heterocycles. The van der Waals surface area contributed by atoms with E-state index in [1.165, 1.54) is 57.4 Å². The maximum Gasteiger partial charge on any atom is 0.0508 e. The lowest BCUT2D eigenvalue weighted by atomic mass is 9.71. The molecule has 3 saturated heterocycles. The molecule has 4 rings (SSSR count). The van der Waals surface area contributed by atoms with Gasteiger partial charge in [0.2, 0.25) is 0 Å². The number of nitrogens with zero attached hydrogens (tertiary/aromatic N) is 3. The lowest BCUT2D eigenvalue weighted by Crippen LogP contribution is -2.46. The average molecular weight is 374 g/mol. The standard InChI is InChI=1S/C22H35N3O2/c1-26-17-21-16-25(15-20-3-2-8-23-13-20)18-22(21)6-9-24(10-7-22)14-19-4-11-27-12-5-19/h2-3,8,13,19,21H,4-7,9-12,14-18H2,1H3/t21-/m0/s1. The second kappa shape index (κ2) is 8.99. The summed E-state index contributed by atoms with van der Waals surface area (Å²) in [6, 6.07) is 4.24. The lowest BCUT2D eigenvalue weighted by Gasteiger charge is -2.43. The van der Waals surface area contributed by atoms with Crippen molar-refractivity contribution in [1.82, 2.24) is 14.8 Å². The van der Waals surface area contributed by atoms with E-state index in [1.54, 1.807) is 0 Å². The van der Waals surface area contributed by atoms with E-state index in [9.17, 15) is 0 Å². The highest BCUT2D eigenvalue weighted by molar-refractivity contribution is 5.10. The van der Waals surface area contributed by atoms with E-state index >= 15 is 0 Å². The number of piperidine rings is 1. The summed E-state index contributed by atoms with van der Waals surface area (Å²) in [6.45, 7) is 9.96. The fourth-order valence-electron chi connectivity index (χ4n) is 5.49.